The van der Waals surface area contributed by atoms with E-state index in [9.17, 15) is 13.2 Å². The van der Waals surface area contributed by atoms with E-state index in [0.29, 0.717) is 11.4 Å². The van der Waals surface area contributed by atoms with Crippen LogP contribution in [0.2, 0.25) is 0 Å². The number of hydrogen-bond acceptors (Lipinski definition) is 4. The van der Waals surface area contributed by atoms with Gasteiger partial charge in [-0.1, -0.05) is 0 Å². The van der Waals surface area contributed by atoms with Crippen LogP contribution in [-0.4, -0.2) is 32.4 Å². The zero-order chi connectivity index (χ0) is 12.2. The first-order valence-corrected chi connectivity index (χ1v) is 6.18. The Kier molecular flexibility index (Phi) is 3.73. The highest BCUT2D eigenvalue weighted by atomic mass is 32.2. The molecule has 0 bridgehead atoms. The Labute approximate surface area is 92.9 Å². The number of anilines is 1. The number of hydrogen-bond donors (Lipinski definition) is 2. The highest BCUT2D eigenvalue weighted by Crippen LogP contribution is 2.16. The second-order valence-electron chi connectivity index (χ2n) is 3.08. The number of nitrogens with one attached hydrogen (secondary N) is 1. The van der Waals surface area contributed by atoms with Crippen LogP contribution in [0.4, 0.5) is 5.69 Å². The minimum atomic E-state index is -3.30. The molecule has 0 unspecified atom stereocenters. The van der Waals surface area contributed by atoms with Gasteiger partial charge in [0.2, 0.25) is 10.0 Å². The third-order valence-corrected chi connectivity index (χ3v) is 2.13. The minimum absolute atomic E-state index is 0.362. The van der Waals surface area contributed by atoms with Crippen molar-refractivity contribution < 1.29 is 23.1 Å². The molecule has 16 heavy (non-hydrogen) atoms. The average molecular weight is 246 g/mol. The van der Waals surface area contributed by atoms with E-state index in [1.165, 1.54) is 24.3 Å². The summed E-state index contributed by atoms with van der Waals surface area (Å²) in [7, 11) is -3.30. The second-order valence-corrected chi connectivity index (χ2v) is 4.83. The third-order valence-electron chi connectivity index (χ3n) is 1.52. The number of aliphatic carboxylic acids is 1. The van der Waals surface area contributed by atoms with Crippen LogP contribution >= 0.6 is 0 Å². The van der Waals surface area contributed by atoms with Gasteiger partial charge in [0.05, 0.1) is 6.26 Å². The first kappa shape index (κ1) is 12.3. The van der Waals surface area contributed by atoms with E-state index in [0.717, 1.165) is 6.26 Å². The lowest BCUT2D eigenvalue weighted by molar-refractivity contribution is -0.139. The monoisotopic (exact) mass is 246 g/mol. The maximum Gasteiger partial charge on any atom is 0.341 e. The largest absolute Gasteiger partial charge is 0.482 e. The van der Waals surface area contributed by atoms with E-state index in [-0.39, 0.29) is 0 Å². The van der Waals surface area contributed by atoms with Crippen molar-refractivity contribution in [2.24, 2.45) is 0 Å². The molecule has 0 aromatic heterocycles. The smallest absolute Gasteiger partial charge is 0.341 e. The summed E-state index contributed by atoms with van der Waals surface area (Å²) >= 11 is 0. The standard InChI is InChI=1S/C9H11NO5S/c1-16(13,14)10-7-2-4-8(5-3-7)15-6-9(11)12/h2-5,10H,6H2,1H3,(H,11,12)/i1+1. The van der Waals surface area contributed by atoms with Crippen molar-refractivity contribution in [1.29, 1.82) is 0 Å². The zero-order valence-corrected chi connectivity index (χ0v) is 9.32. The number of benzene rings is 1. The average Bonchev–Trinajstić information content (AvgIpc) is 2.14. The summed E-state index contributed by atoms with van der Waals surface area (Å²) in [5, 5.41) is 8.37. The van der Waals surface area contributed by atoms with Crippen molar-refractivity contribution in [3.8, 4) is 5.75 Å². The molecule has 0 saturated heterocycles. The fraction of sp³-hybridized carbons (Fsp3) is 0.222. The molecule has 1 aromatic rings. The molecule has 7 heteroatoms. The van der Waals surface area contributed by atoms with Gasteiger partial charge in [-0.3, -0.25) is 4.72 Å². The first-order valence-electron chi connectivity index (χ1n) is 4.29. The molecule has 0 spiro atoms. The molecule has 0 radical (unpaired) electrons. The molecule has 6 nitrogen and oxygen atoms in total. The van der Waals surface area contributed by atoms with Crippen LogP contribution < -0.4 is 9.46 Å². The van der Waals surface area contributed by atoms with Crippen molar-refractivity contribution in [2.45, 2.75) is 0 Å². The molecule has 0 fully saturated rings. The molecule has 0 saturated carbocycles. The van der Waals surface area contributed by atoms with Crippen LogP contribution in [0.3, 0.4) is 0 Å². The number of ether oxygens (including phenoxy) is 1. The van der Waals surface area contributed by atoms with Gasteiger partial charge in [0.15, 0.2) is 6.61 Å². The molecule has 0 amide bonds. The second kappa shape index (κ2) is 4.84. The lowest BCUT2D eigenvalue weighted by Crippen LogP contribution is -2.10. The van der Waals surface area contributed by atoms with Crippen molar-refractivity contribution in [2.75, 3.05) is 17.6 Å². The summed E-state index contributed by atoms with van der Waals surface area (Å²) in [6.07, 6.45) is 1.04. The highest BCUT2D eigenvalue weighted by Gasteiger charge is 2.02. The number of sulfonamides is 1. The maximum absolute atomic E-state index is 10.9. The van der Waals surface area contributed by atoms with E-state index >= 15 is 0 Å². The molecule has 0 heterocycles. The van der Waals surface area contributed by atoms with Gasteiger partial charge >= 0.3 is 5.97 Å². The van der Waals surface area contributed by atoms with Gasteiger partial charge < -0.3 is 9.84 Å². The number of carboxylic acid groups (broad SMARTS) is 1. The van der Waals surface area contributed by atoms with Crippen LogP contribution in [0.5, 0.6) is 5.75 Å². The normalized spacial score (nSPS) is 10.8. The zero-order valence-electron chi connectivity index (χ0n) is 8.50. The molecule has 0 aliphatic rings. The Morgan fingerprint density at radius 3 is 2.38 bits per heavy atom. The molecular weight excluding hydrogens is 235 g/mol. The van der Waals surface area contributed by atoms with Gasteiger partial charge in [-0.2, -0.15) is 0 Å². The summed E-state index contributed by atoms with van der Waals surface area (Å²) in [6, 6.07) is 5.93. The summed E-state index contributed by atoms with van der Waals surface area (Å²) in [6.45, 7) is -0.432. The molecule has 1 rings (SSSR count). The van der Waals surface area contributed by atoms with Gasteiger partial charge in [-0.15, -0.1) is 0 Å². The van der Waals surface area contributed by atoms with Gasteiger partial charge in [0.25, 0.3) is 0 Å². The number of rotatable bonds is 5. The molecular formula is C9H11NO5S. The fourth-order valence-corrected chi connectivity index (χ4v) is 1.54. The highest BCUT2D eigenvalue weighted by molar-refractivity contribution is 7.92. The van der Waals surface area contributed by atoms with Crippen LogP contribution in [0.1, 0.15) is 0 Å². The van der Waals surface area contributed by atoms with Crippen molar-refractivity contribution in [3.63, 3.8) is 0 Å². The van der Waals surface area contributed by atoms with Gasteiger partial charge in [-0.05, 0) is 24.3 Å². The van der Waals surface area contributed by atoms with Gasteiger partial charge in [0.1, 0.15) is 5.75 Å². The van der Waals surface area contributed by atoms with Crippen LogP contribution in [0.25, 0.3) is 0 Å². The molecule has 0 aliphatic carbocycles. The Hall–Kier alpha value is -1.76. The predicted octanol–water partition coefficient (Wildman–Crippen LogP) is 0.521. The summed E-state index contributed by atoms with van der Waals surface area (Å²) in [5.41, 5.74) is 0.394. The lowest BCUT2D eigenvalue weighted by Gasteiger charge is -2.05. The lowest BCUT2D eigenvalue weighted by atomic mass is 10.3. The van der Waals surface area contributed by atoms with Gasteiger partial charge in [-0.25, -0.2) is 13.2 Å². The number of carbonyl (C=O) groups is 1. The molecule has 1 aromatic carbocycles. The van der Waals surface area contributed by atoms with E-state index < -0.39 is 22.6 Å². The maximum atomic E-state index is 10.9. The summed E-state index contributed by atoms with van der Waals surface area (Å²) in [4.78, 5) is 10.2. The molecule has 0 atom stereocenters. The van der Waals surface area contributed by atoms with Crippen molar-refractivity contribution in [1.82, 2.24) is 0 Å². The molecule has 2 N–H and O–H groups in total. The van der Waals surface area contributed by atoms with Crippen LogP contribution in [-0.2, 0) is 14.8 Å². The van der Waals surface area contributed by atoms with Crippen LogP contribution in [0.15, 0.2) is 24.3 Å². The van der Waals surface area contributed by atoms with Crippen molar-refractivity contribution in [3.05, 3.63) is 24.3 Å². The Bertz CT molecular complexity index is 465. The Morgan fingerprint density at radius 2 is 1.94 bits per heavy atom. The topological polar surface area (TPSA) is 92.7 Å². The van der Waals surface area contributed by atoms with Crippen molar-refractivity contribution >= 4 is 21.7 Å². The quantitative estimate of drug-likeness (QED) is 0.739. The summed E-state index contributed by atoms with van der Waals surface area (Å²) < 4.78 is 28.9. The van der Waals surface area contributed by atoms with E-state index in [4.69, 9.17) is 9.84 Å². The Balaban J connectivity index is 2.64. The van der Waals surface area contributed by atoms with Crippen LogP contribution in [0, 0.1) is 0 Å². The third kappa shape index (κ3) is 4.65. The fourth-order valence-electron chi connectivity index (χ4n) is 0.978. The summed E-state index contributed by atoms with van der Waals surface area (Å²) in [5.74, 6) is -0.709. The first-order chi connectivity index (χ1) is 7.37. The minimum Gasteiger partial charge on any atom is -0.482 e. The number of carboxylic acids is 1. The van der Waals surface area contributed by atoms with E-state index in [1.54, 1.807) is 0 Å². The Morgan fingerprint density at radius 1 is 1.38 bits per heavy atom. The molecule has 88 valence electrons. The SMILES string of the molecule is [13CH3]S(=O)(=O)Nc1ccc(OCC(=O)O)cc1. The predicted molar refractivity (Wildman–Crippen MR) is 58.0 cm³/mol. The molecule has 0 aliphatic heterocycles. The van der Waals surface area contributed by atoms with E-state index in [1.807, 2.05) is 0 Å². The van der Waals surface area contributed by atoms with Gasteiger partial charge in [0, 0.05) is 5.69 Å². The van der Waals surface area contributed by atoms with E-state index in [2.05, 4.69) is 4.72 Å².